The first kappa shape index (κ1) is 14.0. The molecule has 0 spiro atoms. The van der Waals surface area contributed by atoms with Gasteiger partial charge in [-0.2, -0.15) is 5.26 Å². The molecule has 0 radical (unpaired) electrons. The molecule has 2 aromatic carbocycles. The van der Waals surface area contributed by atoms with Crippen molar-refractivity contribution < 1.29 is 4.42 Å². The van der Waals surface area contributed by atoms with Crippen molar-refractivity contribution in [1.29, 1.82) is 5.26 Å². The van der Waals surface area contributed by atoms with Gasteiger partial charge in [-0.1, -0.05) is 30.3 Å². The molecule has 4 nitrogen and oxygen atoms in total. The first-order chi connectivity index (χ1) is 12.2. The molecule has 0 saturated carbocycles. The molecule has 5 aromatic rings. The van der Waals surface area contributed by atoms with Crippen LogP contribution in [0.5, 0.6) is 0 Å². The maximum Gasteiger partial charge on any atom is 0.153 e. The number of nitriles is 1. The van der Waals surface area contributed by atoms with Crippen LogP contribution in [0.1, 0.15) is 4.88 Å². The van der Waals surface area contributed by atoms with Gasteiger partial charge in [0.2, 0.25) is 0 Å². The average molecular weight is 341 g/mol. The highest BCUT2D eigenvalue weighted by Gasteiger charge is 2.14. The Morgan fingerprint density at radius 2 is 1.88 bits per heavy atom. The van der Waals surface area contributed by atoms with Gasteiger partial charge in [0.15, 0.2) is 5.76 Å². The molecule has 0 saturated heterocycles. The van der Waals surface area contributed by atoms with E-state index in [0.29, 0.717) is 16.3 Å². The number of anilines is 1. The van der Waals surface area contributed by atoms with E-state index in [-0.39, 0.29) is 0 Å². The quantitative estimate of drug-likeness (QED) is 0.448. The van der Waals surface area contributed by atoms with Crippen LogP contribution in [0.15, 0.2) is 59.0 Å². The largest absolute Gasteiger partial charge is 0.454 e. The van der Waals surface area contributed by atoms with Gasteiger partial charge in [-0.05, 0) is 35.0 Å². The highest BCUT2D eigenvalue weighted by Crippen LogP contribution is 2.36. The number of nitrogen functional groups attached to an aromatic ring is 1. The average Bonchev–Trinajstić information content (AvgIpc) is 3.23. The van der Waals surface area contributed by atoms with Crippen LogP contribution in [-0.4, -0.2) is 4.98 Å². The third kappa shape index (κ3) is 2.02. The van der Waals surface area contributed by atoms with Crippen molar-refractivity contribution in [1.82, 2.24) is 4.98 Å². The highest BCUT2D eigenvalue weighted by molar-refractivity contribution is 7.19. The van der Waals surface area contributed by atoms with Gasteiger partial charge in [0.1, 0.15) is 27.1 Å². The molecule has 0 bridgehead atoms. The van der Waals surface area contributed by atoms with E-state index in [0.717, 1.165) is 32.3 Å². The van der Waals surface area contributed by atoms with E-state index in [1.54, 1.807) is 0 Å². The van der Waals surface area contributed by atoms with Gasteiger partial charge in [-0.15, -0.1) is 11.3 Å². The Hall–Kier alpha value is -3.36. The summed E-state index contributed by atoms with van der Waals surface area (Å²) in [5.41, 5.74) is 8.05. The molecule has 5 heteroatoms. The zero-order chi connectivity index (χ0) is 17.0. The summed E-state index contributed by atoms with van der Waals surface area (Å²) in [6, 6.07) is 20.2. The molecule has 0 aliphatic heterocycles. The van der Waals surface area contributed by atoms with E-state index in [4.69, 9.17) is 15.4 Å². The lowest BCUT2D eigenvalue weighted by atomic mass is 10.1. The highest BCUT2D eigenvalue weighted by atomic mass is 32.1. The lowest BCUT2D eigenvalue weighted by molar-refractivity contribution is 0.629. The number of thiophene rings is 1. The van der Waals surface area contributed by atoms with Crippen LogP contribution in [0.25, 0.3) is 43.4 Å². The summed E-state index contributed by atoms with van der Waals surface area (Å²) in [5, 5.41) is 13.3. The number of benzene rings is 2. The lowest BCUT2D eigenvalue weighted by Crippen LogP contribution is -1.85. The van der Waals surface area contributed by atoms with Crippen LogP contribution in [0.3, 0.4) is 0 Å². The van der Waals surface area contributed by atoms with E-state index < -0.39 is 0 Å². The zero-order valence-corrected chi connectivity index (χ0v) is 13.8. The molecule has 0 atom stereocenters. The van der Waals surface area contributed by atoms with Crippen molar-refractivity contribution in [3.63, 3.8) is 0 Å². The molecule has 3 heterocycles. The number of hydrogen-bond acceptors (Lipinski definition) is 5. The maximum absolute atomic E-state index is 9.14. The van der Waals surface area contributed by atoms with Gasteiger partial charge in [-0.25, -0.2) is 4.98 Å². The second kappa shape index (κ2) is 5.07. The van der Waals surface area contributed by atoms with Crippen molar-refractivity contribution in [2.45, 2.75) is 0 Å². The molecule has 0 unspecified atom stereocenters. The SMILES string of the molecule is N#Cc1sc2nc(-c3cc4c(ccc5ccccc54)o3)ccc2c1N. The summed E-state index contributed by atoms with van der Waals surface area (Å²) in [4.78, 5) is 5.89. The van der Waals surface area contributed by atoms with E-state index in [9.17, 15) is 0 Å². The molecule has 0 aliphatic carbocycles. The Morgan fingerprint density at radius 1 is 1.00 bits per heavy atom. The maximum atomic E-state index is 9.14. The normalized spacial score (nSPS) is 11.3. The van der Waals surface area contributed by atoms with E-state index in [2.05, 4.69) is 29.3 Å². The number of rotatable bonds is 1. The Morgan fingerprint density at radius 3 is 2.76 bits per heavy atom. The van der Waals surface area contributed by atoms with Gasteiger partial charge < -0.3 is 10.2 Å². The molecule has 25 heavy (non-hydrogen) atoms. The van der Waals surface area contributed by atoms with Gasteiger partial charge in [0.05, 0.1) is 5.69 Å². The number of pyridine rings is 1. The number of nitrogens with zero attached hydrogens (tertiary/aromatic N) is 2. The van der Waals surface area contributed by atoms with E-state index in [1.165, 1.54) is 16.7 Å². The standard InChI is InChI=1S/C20H11N3OS/c21-10-18-19(22)13-6-7-15(23-20(13)25-18)17-9-14-12-4-2-1-3-11(12)5-8-16(14)24-17/h1-9H,22H2. The van der Waals surface area contributed by atoms with Crippen molar-refractivity contribution in [3.05, 3.63) is 59.5 Å². The number of fused-ring (bicyclic) bond motifs is 4. The number of nitrogens with two attached hydrogens (primary N) is 1. The fourth-order valence-electron chi connectivity index (χ4n) is 3.14. The van der Waals surface area contributed by atoms with Crippen LogP contribution in [0, 0.1) is 11.3 Å². The molecule has 0 aliphatic rings. The van der Waals surface area contributed by atoms with Crippen molar-refractivity contribution in [2.75, 3.05) is 5.73 Å². The number of hydrogen-bond donors (Lipinski definition) is 1. The third-order valence-corrected chi connectivity index (χ3v) is 5.39. The molecular weight excluding hydrogens is 330 g/mol. The molecule has 0 fully saturated rings. The predicted octanol–water partition coefficient (Wildman–Crippen LogP) is 5.32. The minimum Gasteiger partial charge on any atom is -0.454 e. The molecule has 0 amide bonds. The first-order valence-electron chi connectivity index (χ1n) is 7.75. The number of furan rings is 1. The van der Waals surface area contributed by atoms with Crippen molar-refractivity contribution in [3.8, 4) is 17.5 Å². The number of aromatic nitrogens is 1. The molecule has 2 N–H and O–H groups in total. The Bertz CT molecular complexity index is 1320. The second-order valence-electron chi connectivity index (χ2n) is 5.82. The molecule has 118 valence electrons. The fraction of sp³-hybridized carbons (Fsp3) is 0. The van der Waals surface area contributed by atoms with Gasteiger partial charge >= 0.3 is 0 Å². The Labute approximate surface area is 146 Å². The fourth-order valence-corrected chi connectivity index (χ4v) is 4.03. The lowest BCUT2D eigenvalue weighted by Gasteiger charge is -1.96. The molecular formula is C20H11N3OS. The van der Waals surface area contributed by atoms with Gasteiger partial charge in [-0.3, -0.25) is 0 Å². The molecule has 3 aromatic heterocycles. The van der Waals surface area contributed by atoms with Crippen LogP contribution >= 0.6 is 11.3 Å². The Balaban J connectivity index is 1.74. The topological polar surface area (TPSA) is 75.8 Å². The summed E-state index contributed by atoms with van der Waals surface area (Å²) < 4.78 is 6.02. The smallest absolute Gasteiger partial charge is 0.153 e. The minimum atomic E-state index is 0.496. The van der Waals surface area contributed by atoms with Crippen molar-refractivity contribution >= 4 is 49.0 Å². The second-order valence-corrected chi connectivity index (χ2v) is 6.81. The van der Waals surface area contributed by atoms with Crippen LogP contribution in [-0.2, 0) is 0 Å². The van der Waals surface area contributed by atoms with Crippen LogP contribution in [0.4, 0.5) is 5.69 Å². The summed E-state index contributed by atoms with van der Waals surface area (Å²) in [6.45, 7) is 0. The monoisotopic (exact) mass is 341 g/mol. The summed E-state index contributed by atoms with van der Waals surface area (Å²) >= 11 is 1.30. The summed E-state index contributed by atoms with van der Waals surface area (Å²) in [6.07, 6.45) is 0. The zero-order valence-electron chi connectivity index (χ0n) is 13.0. The van der Waals surface area contributed by atoms with Crippen molar-refractivity contribution in [2.24, 2.45) is 0 Å². The first-order valence-corrected chi connectivity index (χ1v) is 8.57. The molecule has 5 rings (SSSR count). The predicted molar refractivity (Wildman–Crippen MR) is 101 cm³/mol. The summed E-state index contributed by atoms with van der Waals surface area (Å²) in [5.74, 6) is 0.707. The van der Waals surface area contributed by atoms with E-state index in [1.807, 2.05) is 36.4 Å². The van der Waals surface area contributed by atoms with E-state index >= 15 is 0 Å². The van der Waals surface area contributed by atoms with Crippen LogP contribution in [0.2, 0.25) is 0 Å². The summed E-state index contributed by atoms with van der Waals surface area (Å²) in [7, 11) is 0. The third-order valence-electron chi connectivity index (χ3n) is 4.37. The van der Waals surface area contributed by atoms with Gasteiger partial charge in [0.25, 0.3) is 0 Å². The minimum absolute atomic E-state index is 0.496. The van der Waals surface area contributed by atoms with Crippen LogP contribution < -0.4 is 5.73 Å². The Kier molecular flexibility index (Phi) is 2.84. The van der Waals surface area contributed by atoms with Gasteiger partial charge in [0, 0.05) is 10.8 Å².